The SMILES string of the molecule is C[C@@H]1O[C@@H](OCc2ccccc2)[C@H](OCc2ccccc2)[C@@H]2OC(c3ccccc3)O[C@H]21. The monoisotopic (exact) mass is 432 g/mol. The summed E-state index contributed by atoms with van der Waals surface area (Å²) in [6, 6.07) is 30.1. The van der Waals surface area contributed by atoms with Crippen molar-refractivity contribution < 1.29 is 23.7 Å². The topological polar surface area (TPSA) is 46.2 Å². The molecule has 5 heteroatoms. The van der Waals surface area contributed by atoms with Crippen LogP contribution in [0.2, 0.25) is 0 Å². The van der Waals surface area contributed by atoms with Gasteiger partial charge in [0.05, 0.1) is 19.3 Å². The van der Waals surface area contributed by atoms with E-state index in [0.717, 1.165) is 16.7 Å². The van der Waals surface area contributed by atoms with Crippen LogP contribution >= 0.6 is 0 Å². The van der Waals surface area contributed by atoms with Crippen LogP contribution in [-0.2, 0) is 36.9 Å². The molecule has 5 nitrogen and oxygen atoms in total. The van der Waals surface area contributed by atoms with E-state index in [1.165, 1.54) is 0 Å². The molecule has 32 heavy (non-hydrogen) atoms. The first-order valence-electron chi connectivity index (χ1n) is 11.1. The van der Waals surface area contributed by atoms with E-state index in [4.69, 9.17) is 23.7 Å². The summed E-state index contributed by atoms with van der Waals surface area (Å²) in [7, 11) is 0. The van der Waals surface area contributed by atoms with E-state index in [1.807, 2.05) is 97.9 Å². The van der Waals surface area contributed by atoms with Gasteiger partial charge in [-0.25, -0.2) is 0 Å². The highest BCUT2D eigenvalue weighted by molar-refractivity contribution is 5.18. The van der Waals surface area contributed by atoms with Crippen molar-refractivity contribution in [2.45, 2.75) is 57.1 Å². The Bertz CT molecular complexity index is 965. The Morgan fingerprint density at radius 2 is 1.16 bits per heavy atom. The number of benzene rings is 3. The molecule has 2 aliphatic heterocycles. The second-order valence-corrected chi connectivity index (χ2v) is 8.21. The maximum atomic E-state index is 6.40. The minimum absolute atomic E-state index is 0.189. The Kier molecular flexibility index (Phi) is 6.62. The van der Waals surface area contributed by atoms with Crippen LogP contribution in [0.3, 0.4) is 0 Å². The van der Waals surface area contributed by atoms with Crippen molar-refractivity contribution in [3.05, 3.63) is 108 Å². The molecular weight excluding hydrogens is 404 g/mol. The van der Waals surface area contributed by atoms with Crippen LogP contribution < -0.4 is 0 Å². The van der Waals surface area contributed by atoms with E-state index in [0.29, 0.717) is 13.2 Å². The summed E-state index contributed by atoms with van der Waals surface area (Å²) in [5, 5.41) is 0. The molecule has 0 amide bonds. The summed E-state index contributed by atoms with van der Waals surface area (Å²) < 4.78 is 31.5. The third kappa shape index (κ3) is 4.77. The van der Waals surface area contributed by atoms with Crippen molar-refractivity contribution in [1.29, 1.82) is 0 Å². The van der Waals surface area contributed by atoms with Gasteiger partial charge in [0, 0.05) is 5.56 Å². The van der Waals surface area contributed by atoms with Gasteiger partial charge in [-0.05, 0) is 18.1 Å². The molecule has 3 aromatic rings. The molecule has 6 atom stereocenters. The van der Waals surface area contributed by atoms with Crippen molar-refractivity contribution in [3.63, 3.8) is 0 Å². The minimum Gasteiger partial charge on any atom is -0.365 e. The second kappa shape index (κ2) is 9.94. The summed E-state index contributed by atoms with van der Waals surface area (Å²) in [6.07, 6.45) is -2.16. The maximum Gasteiger partial charge on any atom is 0.187 e. The van der Waals surface area contributed by atoms with Crippen LogP contribution in [0.25, 0.3) is 0 Å². The predicted octanol–water partition coefficient (Wildman–Crippen LogP) is 5.02. The zero-order valence-corrected chi connectivity index (χ0v) is 18.1. The van der Waals surface area contributed by atoms with Crippen LogP contribution in [0.15, 0.2) is 91.0 Å². The number of ether oxygens (including phenoxy) is 5. The molecule has 1 unspecified atom stereocenters. The summed E-state index contributed by atoms with van der Waals surface area (Å²) in [5.41, 5.74) is 3.15. The zero-order chi connectivity index (χ0) is 21.8. The van der Waals surface area contributed by atoms with Gasteiger partial charge < -0.3 is 23.7 Å². The Balaban J connectivity index is 1.35. The Hall–Kier alpha value is -2.54. The fraction of sp³-hybridized carbons (Fsp3) is 0.333. The lowest BCUT2D eigenvalue weighted by Crippen LogP contribution is -2.57. The molecule has 0 spiro atoms. The molecule has 0 saturated carbocycles. The molecule has 2 saturated heterocycles. The van der Waals surface area contributed by atoms with E-state index >= 15 is 0 Å². The molecule has 0 aromatic heterocycles. The van der Waals surface area contributed by atoms with Gasteiger partial charge in [0.25, 0.3) is 0 Å². The lowest BCUT2D eigenvalue weighted by molar-refractivity contribution is -0.289. The average molecular weight is 433 g/mol. The first-order valence-corrected chi connectivity index (χ1v) is 11.1. The van der Waals surface area contributed by atoms with E-state index in [-0.39, 0.29) is 18.3 Å². The predicted molar refractivity (Wildman–Crippen MR) is 120 cm³/mol. The third-order valence-electron chi connectivity index (χ3n) is 5.90. The van der Waals surface area contributed by atoms with E-state index in [1.54, 1.807) is 0 Å². The lowest BCUT2D eigenvalue weighted by Gasteiger charge is -2.40. The molecule has 2 heterocycles. The molecular formula is C27H28O5. The molecule has 3 aromatic carbocycles. The smallest absolute Gasteiger partial charge is 0.187 e. The highest BCUT2D eigenvalue weighted by Gasteiger charge is 2.53. The highest BCUT2D eigenvalue weighted by Crippen LogP contribution is 2.40. The first kappa shape index (κ1) is 21.3. The molecule has 0 bridgehead atoms. The van der Waals surface area contributed by atoms with Gasteiger partial charge in [0.1, 0.15) is 18.3 Å². The average Bonchev–Trinajstić information content (AvgIpc) is 3.30. The maximum absolute atomic E-state index is 6.40. The van der Waals surface area contributed by atoms with Gasteiger partial charge >= 0.3 is 0 Å². The summed E-state index contributed by atoms with van der Waals surface area (Å²) >= 11 is 0. The fourth-order valence-electron chi connectivity index (χ4n) is 4.23. The Morgan fingerprint density at radius 3 is 1.78 bits per heavy atom. The summed E-state index contributed by atoms with van der Waals surface area (Å²) in [4.78, 5) is 0. The molecule has 2 aliphatic rings. The van der Waals surface area contributed by atoms with Crippen LogP contribution in [0.4, 0.5) is 0 Å². The van der Waals surface area contributed by atoms with Crippen LogP contribution in [0, 0.1) is 0 Å². The van der Waals surface area contributed by atoms with Crippen molar-refractivity contribution in [2.75, 3.05) is 0 Å². The number of hydrogen-bond donors (Lipinski definition) is 0. The van der Waals surface area contributed by atoms with Crippen molar-refractivity contribution in [1.82, 2.24) is 0 Å². The quantitative estimate of drug-likeness (QED) is 0.525. The molecule has 166 valence electrons. The molecule has 5 rings (SSSR count). The zero-order valence-electron chi connectivity index (χ0n) is 18.1. The van der Waals surface area contributed by atoms with Gasteiger partial charge in [-0.3, -0.25) is 0 Å². The Morgan fingerprint density at radius 1 is 0.625 bits per heavy atom. The lowest BCUT2D eigenvalue weighted by atomic mass is 9.99. The van der Waals surface area contributed by atoms with E-state index < -0.39 is 18.7 Å². The van der Waals surface area contributed by atoms with Gasteiger partial charge in [-0.1, -0.05) is 91.0 Å². The van der Waals surface area contributed by atoms with Crippen molar-refractivity contribution in [3.8, 4) is 0 Å². The molecule has 0 N–H and O–H groups in total. The molecule has 0 aliphatic carbocycles. The van der Waals surface area contributed by atoms with Gasteiger partial charge in [-0.15, -0.1) is 0 Å². The largest absolute Gasteiger partial charge is 0.365 e. The Labute approximate surface area is 188 Å². The van der Waals surface area contributed by atoms with Crippen LogP contribution in [0.1, 0.15) is 29.9 Å². The first-order chi connectivity index (χ1) is 15.8. The summed E-state index contributed by atoms with van der Waals surface area (Å²) in [5.74, 6) is 0. The number of fused-ring (bicyclic) bond motifs is 1. The van der Waals surface area contributed by atoms with Crippen molar-refractivity contribution in [2.24, 2.45) is 0 Å². The fourth-order valence-corrected chi connectivity index (χ4v) is 4.23. The van der Waals surface area contributed by atoms with Crippen LogP contribution in [0.5, 0.6) is 0 Å². The number of rotatable bonds is 7. The van der Waals surface area contributed by atoms with E-state index in [2.05, 4.69) is 0 Å². The van der Waals surface area contributed by atoms with Gasteiger partial charge in [-0.2, -0.15) is 0 Å². The van der Waals surface area contributed by atoms with Crippen molar-refractivity contribution >= 4 is 0 Å². The molecule has 0 radical (unpaired) electrons. The van der Waals surface area contributed by atoms with Gasteiger partial charge in [0.15, 0.2) is 12.6 Å². The minimum atomic E-state index is -0.562. The molecule has 2 fully saturated rings. The highest BCUT2D eigenvalue weighted by atomic mass is 16.8. The normalized spacial score (nSPS) is 29.5. The van der Waals surface area contributed by atoms with E-state index in [9.17, 15) is 0 Å². The third-order valence-corrected chi connectivity index (χ3v) is 5.90. The summed E-state index contributed by atoms with van der Waals surface area (Å²) in [6.45, 7) is 2.88. The van der Waals surface area contributed by atoms with Crippen LogP contribution in [-0.4, -0.2) is 30.7 Å². The van der Waals surface area contributed by atoms with Gasteiger partial charge in [0.2, 0.25) is 0 Å². The second-order valence-electron chi connectivity index (χ2n) is 8.21. The standard InChI is InChI=1S/C27H28O5/c1-19-23-24(32-26(31-23)22-15-9-4-10-16-22)25(28-17-20-11-5-2-6-12-20)27(30-19)29-18-21-13-7-3-8-14-21/h2-16,19,23-27H,17-18H2,1H3/t19-,23-,24+,25+,26?,27+/m0/s1. The number of hydrogen-bond acceptors (Lipinski definition) is 5.